The molecule has 1 aromatic carbocycles. The molecule has 2 rings (SSSR count). The van der Waals surface area contributed by atoms with Crippen LogP contribution in [0.25, 0.3) is 0 Å². The van der Waals surface area contributed by atoms with E-state index in [9.17, 15) is 13.2 Å². The van der Waals surface area contributed by atoms with Crippen LogP contribution >= 0.6 is 11.5 Å². The summed E-state index contributed by atoms with van der Waals surface area (Å²) in [6, 6.07) is 4.87. The van der Waals surface area contributed by atoms with E-state index in [1.165, 1.54) is 23.7 Å². The van der Waals surface area contributed by atoms with Crippen molar-refractivity contribution in [2.24, 2.45) is 0 Å². The van der Waals surface area contributed by atoms with Crippen molar-refractivity contribution in [1.29, 1.82) is 0 Å². The van der Waals surface area contributed by atoms with E-state index >= 15 is 0 Å². The van der Waals surface area contributed by atoms with Crippen molar-refractivity contribution < 1.29 is 13.2 Å². The number of rotatable bonds is 4. The number of aromatic nitrogens is 2. The number of alkyl halides is 3. The smallest absolute Gasteiger partial charge is 0.305 e. The van der Waals surface area contributed by atoms with Gasteiger partial charge in [-0.3, -0.25) is 0 Å². The third-order valence-electron chi connectivity index (χ3n) is 2.65. The zero-order chi connectivity index (χ0) is 13.9. The van der Waals surface area contributed by atoms with Crippen LogP contribution in [-0.4, -0.2) is 16.1 Å². The summed E-state index contributed by atoms with van der Waals surface area (Å²) >= 11 is 1.21. The largest absolute Gasteiger partial charge is 0.416 e. The van der Waals surface area contributed by atoms with Crippen LogP contribution in [0.3, 0.4) is 0 Å². The van der Waals surface area contributed by atoms with E-state index < -0.39 is 11.7 Å². The van der Waals surface area contributed by atoms with Gasteiger partial charge in [-0.15, -0.1) is 5.10 Å². The SMILES string of the molecule is CCNC(c1ccc(C(F)(F)F)cc1)c1csnn1. The monoisotopic (exact) mass is 287 g/mol. The van der Waals surface area contributed by atoms with Crippen molar-refractivity contribution >= 4 is 11.5 Å². The lowest BCUT2D eigenvalue weighted by molar-refractivity contribution is -0.137. The zero-order valence-corrected chi connectivity index (χ0v) is 10.9. The van der Waals surface area contributed by atoms with Gasteiger partial charge in [-0.2, -0.15) is 13.2 Å². The fraction of sp³-hybridized carbons (Fsp3) is 0.333. The summed E-state index contributed by atoms with van der Waals surface area (Å²) < 4.78 is 41.3. The Labute approximate surface area is 112 Å². The van der Waals surface area contributed by atoms with Gasteiger partial charge >= 0.3 is 6.18 Å². The van der Waals surface area contributed by atoms with Crippen LogP contribution in [-0.2, 0) is 6.18 Å². The summed E-state index contributed by atoms with van der Waals surface area (Å²) in [6.07, 6.45) is -4.31. The Bertz CT molecular complexity index is 508. The first-order valence-electron chi connectivity index (χ1n) is 5.70. The Morgan fingerprint density at radius 1 is 1.26 bits per heavy atom. The van der Waals surface area contributed by atoms with E-state index in [4.69, 9.17) is 0 Å². The molecule has 0 bridgehead atoms. The van der Waals surface area contributed by atoms with Crippen molar-refractivity contribution in [3.05, 3.63) is 46.5 Å². The second-order valence-electron chi connectivity index (χ2n) is 3.94. The van der Waals surface area contributed by atoms with Crippen molar-refractivity contribution in [1.82, 2.24) is 14.9 Å². The Morgan fingerprint density at radius 2 is 1.95 bits per heavy atom. The lowest BCUT2D eigenvalue weighted by atomic mass is 10.0. The molecule has 1 N–H and O–H groups in total. The average Bonchev–Trinajstić information content (AvgIpc) is 2.89. The molecule has 0 aliphatic heterocycles. The molecule has 0 saturated carbocycles. The molecule has 7 heteroatoms. The molecule has 1 heterocycles. The number of nitrogens with one attached hydrogen (secondary N) is 1. The van der Waals surface area contributed by atoms with E-state index in [2.05, 4.69) is 14.9 Å². The van der Waals surface area contributed by atoms with E-state index in [0.29, 0.717) is 12.2 Å². The van der Waals surface area contributed by atoms with Crippen LogP contribution in [0, 0.1) is 0 Å². The Hall–Kier alpha value is -1.47. The van der Waals surface area contributed by atoms with Crippen LogP contribution in [0.15, 0.2) is 29.6 Å². The molecule has 0 amide bonds. The molecule has 1 aromatic heterocycles. The Balaban J connectivity index is 2.28. The van der Waals surface area contributed by atoms with Crippen LogP contribution < -0.4 is 5.32 Å². The summed E-state index contributed by atoms with van der Waals surface area (Å²) in [7, 11) is 0. The fourth-order valence-corrected chi connectivity index (χ4v) is 2.24. The second kappa shape index (κ2) is 5.66. The molecule has 0 radical (unpaired) electrons. The summed E-state index contributed by atoms with van der Waals surface area (Å²) in [6.45, 7) is 2.61. The van der Waals surface area contributed by atoms with Crippen molar-refractivity contribution in [2.45, 2.75) is 19.1 Å². The minimum Gasteiger partial charge on any atom is -0.305 e. The van der Waals surface area contributed by atoms with Gasteiger partial charge in [0.2, 0.25) is 0 Å². The first-order chi connectivity index (χ1) is 9.02. The lowest BCUT2D eigenvalue weighted by Crippen LogP contribution is -2.22. The molecular weight excluding hydrogens is 275 g/mol. The van der Waals surface area contributed by atoms with Crippen LogP contribution in [0.5, 0.6) is 0 Å². The van der Waals surface area contributed by atoms with Gasteiger partial charge in [-0.25, -0.2) is 0 Å². The molecule has 0 spiro atoms. The summed E-state index contributed by atoms with van der Waals surface area (Å²) in [5.41, 5.74) is 0.803. The van der Waals surface area contributed by atoms with Gasteiger partial charge in [0.1, 0.15) is 0 Å². The predicted molar refractivity (Wildman–Crippen MR) is 66.9 cm³/mol. The van der Waals surface area contributed by atoms with Gasteiger partial charge in [0.05, 0.1) is 17.3 Å². The van der Waals surface area contributed by atoms with Crippen molar-refractivity contribution in [3.63, 3.8) is 0 Å². The third kappa shape index (κ3) is 3.30. The highest BCUT2D eigenvalue weighted by atomic mass is 32.1. The van der Waals surface area contributed by atoms with Crippen LogP contribution in [0.1, 0.15) is 29.8 Å². The van der Waals surface area contributed by atoms with E-state index in [1.54, 1.807) is 5.38 Å². The zero-order valence-electron chi connectivity index (χ0n) is 10.1. The number of hydrogen-bond acceptors (Lipinski definition) is 4. The maximum atomic E-state index is 12.5. The highest BCUT2D eigenvalue weighted by molar-refractivity contribution is 7.03. The summed E-state index contributed by atoms with van der Waals surface area (Å²) in [5.74, 6) is 0. The molecule has 0 fully saturated rings. The van der Waals surface area contributed by atoms with Crippen LogP contribution in [0.2, 0.25) is 0 Å². The van der Waals surface area contributed by atoms with Crippen molar-refractivity contribution in [2.75, 3.05) is 6.54 Å². The summed E-state index contributed by atoms with van der Waals surface area (Å²) in [4.78, 5) is 0. The van der Waals surface area contributed by atoms with Gasteiger partial charge in [0.15, 0.2) is 0 Å². The molecule has 0 aliphatic carbocycles. The van der Waals surface area contributed by atoms with Crippen molar-refractivity contribution in [3.8, 4) is 0 Å². The molecule has 19 heavy (non-hydrogen) atoms. The predicted octanol–water partition coefficient (Wildman–Crippen LogP) is 3.26. The topological polar surface area (TPSA) is 37.8 Å². The first kappa shape index (κ1) is 14.0. The van der Waals surface area contributed by atoms with Gasteiger partial charge < -0.3 is 5.32 Å². The van der Waals surface area contributed by atoms with Gasteiger partial charge in [-0.1, -0.05) is 23.5 Å². The molecule has 102 valence electrons. The van der Waals surface area contributed by atoms with E-state index in [-0.39, 0.29) is 6.04 Å². The van der Waals surface area contributed by atoms with Gasteiger partial charge in [0.25, 0.3) is 0 Å². The molecule has 1 atom stereocenters. The molecule has 1 unspecified atom stereocenters. The molecular formula is C12H12F3N3S. The maximum absolute atomic E-state index is 12.5. The van der Waals surface area contributed by atoms with Crippen LogP contribution in [0.4, 0.5) is 13.2 Å². The highest BCUT2D eigenvalue weighted by Crippen LogP contribution is 2.30. The molecule has 3 nitrogen and oxygen atoms in total. The van der Waals surface area contributed by atoms with E-state index in [0.717, 1.165) is 17.7 Å². The molecule has 0 saturated heterocycles. The first-order valence-corrected chi connectivity index (χ1v) is 6.53. The average molecular weight is 287 g/mol. The summed E-state index contributed by atoms with van der Waals surface area (Å²) in [5, 5.41) is 8.93. The second-order valence-corrected chi connectivity index (χ2v) is 4.55. The van der Waals surface area contributed by atoms with Gasteiger partial charge in [0, 0.05) is 5.38 Å². The minimum absolute atomic E-state index is 0.231. The standard InChI is InChI=1S/C12H12F3N3S/c1-2-16-11(10-7-19-18-17-10)8-3-5-9(6-4-8)12(13,14)15/h3-7,11,16H,2H2,1H3. The number of benzene rings is 1. The molecule has 2 aromatic rings. The number of halogens is 3. The third-order valence-corrected chi connectivity index (χ3v) is 3.18. The number of hydrogen-bond donors (Lipinski definition) is 1. The normalized spacial score (nSPS) is 13.5. The molecule has 0 aliphatic rings. The Morgan fingerprint density at radius 3 is 2.42 bits per heavy atom. The maximum Gasteiger partial charge on any atom is 0.416 e. The highest BCUT2D eigenvalue weighted by Gasteiger charge is 2.30. The van der Waals surface area contributed by atoms with Gasteiger partial charge in [-0.05, 0) is 35.8 Å². The minimum atomic E-state index is -4.31. The quantitative estimate of drug-likeness (QED) is 0.938. The fourth-order valence-electron chi connectivity index (χ4n) is 1.76. The van der Waals surface area contributed by atoms with E-state index in [1.807, 2.05) is 6.92 Å². The number of nitrogens with zero attached hydrogens (tertiary/aromatic N) is 2. The lowest BCUT2D eigenvalue weighted by Gasteiger charge is -2.16. The Kier molecular flexibility index (Phi) is 4.16.